The Labute approximate surface area is 256 Å². The van der Waals surface area contributed by atoms with Crippen molar-refractivity contribution in [1.82, 2.24) is 0 Å². The Morgan fingerprint density at radius 1 is 0.419 bits per heavy atom. The van der Waals surface area contributed by atoms with Gasteiger partial charge in [0.2, 0.25) is 0 Å². The summed E-state index contributed by atoms with van der Waals surface area (Å²) in [4.78, 5) is 0. The van der Waals surface area contributed by atoms with Crippen molar-refractivity contribution in [2.75, 3.05) is 0 Å². The van der Waals surface area contributed by atoms with Crippen molar-refractivity contribution >= 4 is 25.2 Å². The second kappa shape index (κ2) is 10.7. The van der Waals surface area contributed by atoms with Crippen molar-refractivity contribution in [2.45, 2.75) is 77.8 Å². The quantitative estimate of drug-likeness (QED) is 0.225. The lowest BCUT2D eigenvalue weighted by Crippen LogP contribution is -2.41. The normalized spacial score (nSPS) is 19.9. The highest BCUT2D eigenvalue weighted by Crippen LogP contribution is 2.39. The third kappa shape index (κ3) is 5.79. The molecule has 2 heterocycles. The molecule has 43 heavy (non-hydrogen) atoms. The average Bonchev–Trinajstić information content (AvgIpc) is 3.33. The van der Waals surface area contributed by atoms with Crippen LogP contribution in [0.5, 0.6) is 11.5 Å². The zero-order valence-electron chi connectivity index (χ0n) is 26.4. The Morgan fingerprint density at radius 3 is 1.07 bits per heavy atom. The number of hydrogen-bond acceptors (Lipinski definition) is 5. The summed E-state index contributed by atoms with van der Waals surface area (Å²) < 4.78 is 32.4. The molecular formula is C36H40B2O5. The molecular weight excluding hydrogens is 534 g/mol. The van der Waals surface area contributed by atoms with Gasteiger partial charge in [0.1, 0.15) is 11.5 Å². The Balaban J connectivity index is 1.42. The first-order chi connectivity index (χ1) is 20.2. The molecule has 2 aliphatic rings. The second-order valence-corrected chi connectivity index (χ2v) is 13.6. The maximum Gasteiger partial charge on any atom is 0.494 e. The van der Waals surface area contributed by atoms with Crippen LogP contribution in [0.2, 0.25) is 0 Å². The molecule has 0 N–H and O–H groups in total. The van der Waals surface area contributed by atoms with Crippen molar-refractivity contribution in [3.8, 4) is 33.8 Å². The summed E-state index contributed by atoms with van der Waals surface area (Å²) >= 11 is 0. The lowest BCUT2D eigenvalue weighted by molar-refractivity contribution is 0.00578. The molecule has 0 spiro atoms. The third-order valence-corrected chi connectivity index (χ3v) is 9.36. The minimum atomic E-state index is -0.521. The zero-order chi connectivity index (χ0) is 30.6. The SMILES string of the molecule is CC1(C)OB(c2cc(Oc3cc(B4OC(C)(C)C(C)(C)O4)cc(-c4ccccc4)c3)cc(-c3ccccc3)c2)OC1(C)C. The highest BCUT2D eigenvalue weighted by molar-refractivity contribution is 6.62. The van der Waals surface area contributed by atoms with Crippen LogP contribution in [0, 0.1) is 0 Å². The molecule has 0 unspecified atom stereocenters. The molecule has 7 heteroatoms. The third-order valence-electron chi connectivity index (χ3n) is 9.36. The fraction of sp³-hybridized carbons (Fsp3) is 0.333. The highest BCUT2D eigenvalue weighted by Gasteiger charge is 2.53. The standard InChI is InChI=1S/C36H40B2O5/c1-33(2)34(3,4)41-37(40-33)29-19-27(25-15-11-9-12-16-25)21-31(23-29)39-32-22-28(26-17-13-10-14-18-26)20-30(24-32)38-42-35(5,6)36(7,8)43-38/h9-24H,1-8H3. The summed E-state index contributed by atoms with van der Waals surface area (Å²) in [5.74, 6) is 1.38. The molecule has 2 aliphatic heterocycles. The molecule has 5 nitrogen and oxygen atoms in total. The van der Waals surface area contributed by atoms with Gasteiger partial charge in [0.05, 0.1) is 22.4 Å². The zero-order valence-corrected chi connectivity index (χ0v) is 26.4. The summed E-state index contributed by atoms with van der Waals surface area (Å²) in [5, 5.41) is 0. The van der Waals surface area contributed by atoms with Gasteiger partial charge in [-0.1, -0.05) is 72.8 Å². The molecule has 4 aromatic carbocycles. The van der Waals surface area contributed by atoms with Crippen LogP contribution in [0.3, 0.4) is 0 Å². The second-order valence-electron chi connectivity index (χ2n) is 13.6. The summed E-state index contributed by atoms with van der Waals surface area (Å²) in [7, 11) is -1.04. The fourth-order valence-electron chi connectivity index (χ4n) is 5.32. The number of hydrogen-bond donors (Lipinski definition) is 0. The molecule has 0 radical (unpaired) electrons. The maximum atomic E-state index is 6.69. The first-order valence-electron chi connectivity index (χ1n) is 15.0. The fourth-order valence-corrected chi connectivity index (χ4v) is 5.32. The van der Waals surface area contributed by atoms with E-state index in [9.17, 15) is 0 Å². The highest BCUT2D eigenvalue weighted by atomic mass is 16.7. The van der Waals surface area contributed by atoms with E-state index in [0.29, 0.717) is 11.5 Å². The monoisotopic (exact) mass is 574 g/mol. The molecule has 220 valence electrons. The van der Waals surface area contributed by atoms with Gasteiger partial charge in [-0.05, 0) is 113 Å². The van der Waals surface area contributed by atoms with Crippen LogP contribution in [0.1, 0.15) is 55.4 Å². The van der Waals surface area contributed by atoms with Gasteiger partial charge in [-0.15, -0.1) is 0 Å². The van der Waals surface area contributed by atoms with Crippen molar-refractivity contribution in [3.05, 3.63) is 97.1 Å². The van der Waals surface area contributed by atoms with Gasteiger partial charge in [0, 0.05) is 0 Å². The van der Waals surface area contributed by atoms with Crippen LogP contribution in [-0.4, -0.2) is 36.6 Å². The Morgan fingerprint density at radius 2 is 0.744 bits per heavy atom. The van der Waals surface area contributed by atoms with Crippen LogP contribution in [-0.2, 0) is 18.6 Å². The predicted octanol–water partition coefficient (Wildman–Crippen LogP) is 7.41. The lowest BCUT2D eigenvalue weighted by atomic mass is 9.77. The lowest BCUT2D eigenvalue weighted by Gasteiger charge is -2.32. The molecule has 0 atom stereocenters. The molecule has 0 saturated carbocycles. The first-order valence-corrected chi connectivity index (χ1v) is 15.0. The topological polar surface area (TPSA) is 46.2 Å². The van der Waals surface area contributed by atoms with E-state index in [1.54, 1.807) is 0 Å². The molecule has 2 fully saturated rings. The summed E-state index contributed by atoms with van der Waals surface area (Å²) in [6.07, 6.45) is 0. The molecule has 0 aliphatic carbocycles. The molecule has 0 bridgehead atoms. The predicted molar refractivity (Wildman–Crippen MR) is 175 cm³/mol. The van der Waals surface area contributed by atoms with E-state index in [1.807, 2.05) is 48.5 Å². The minimum Gasteiger partial charge on any atom is -0.457 e. The van der Waals surface area contributed by atoms with Gasteiger partial charge in [-0.2, -0.15) is 0 Å². The van der Waals surface area contributed by atoms with Crippen molar-refractivity contribution in [1.29, 1.82) is 0 Å². The number of ether oxygens (including phenoxy) is 1. The first kappa shape index (κ1) is 29.7. The Bertz CT molecular complexity index is 1460. The van der Waals surface area contributed by atoms with Crippen molar-refractivity contribution in [3.63, 3.8) is 0 Å². The summed E-state index contributed by atoms with van der Waals surface area (Å²) in [6.45, 7) is 16.5. The summed E-state index contributed by atoms with van der Waals surface area (Å²) in [5.41, 5.74) is 4.20. The van der Waals surface area contributed by atoms with Gasteiger partial charge in [0.25, 0.3) is 0 Å². The Kier molecular flexibility index (Phi) is 7.37. The molecule has 6 rings (SSSR count). The van der Waals surface area contributed by atoms with Crippen LogP contribution in [0.25, 0.3) is 22.3 Å². The van der Waals surface area contributed by atoms with Crippen LogP contribution >= 0.6 is 0 Å². The van der Waals surface area contributed by atoms with Crippen molar-refractivity contribution < 1.29 is 23.4 Å². The van der Waals surface area contributed by atoms with Crippen LogP contribution in [0.4, 0.5) is 0 Å². The van der Waals surface area contributed by atoms with E-state index in [0.717, 1.165) is 33.2 Å². The number of benzene rings is 4. The van der Waals surface area contributed by atoms with Gasteiger partial charge >= 0.3 is 14.2 Å². The van der Waals surface area contributed by atoms with Crippen LogP contribution in [0.15, 0.2) is 97.1 Å². The van der Waals surface area contributed by atoms with E-state index in [1.165, 1.54) is 0 Å². The van der Waals surface area contributed by atoms with E-state index >= 15 is 0 Å². The van der Waals surface area contributed by atoms with E-state index in [4.69, 9.17) is 23.4 Å². The van der Waals surface area contributed by atoms with Crippen molar-refractivity contribution in [2.24, 2.45) is 0 Å². The molecule has 2 saturated heterocycles. The Hall–Kier alpha value is -3.35. The minimum absolute atomic E-state index is 0.455. The molecule has 0 amide bonds. The largest absolute Gasteiger partial charge is 0.494 e. The molecule has 0 aromatic heterocycles. The van der Waals surface area contributed by atoms with Gasteiger partial charge < -0.3 is 23.4 Å². The van der Waals surface area contributed by atoms with E-state index < -0.39 is 36.6 Å². The van der Waals surface area contributed by atoms with Crippen LogP contribution < -0.4 is 15.7 Å². The maximum absolute atomic E-state index is 6.69. The van der Waals surface area contributed by atoms with E-state index in [-0.39, 0.29) is 0 Å². The smallest absolute Gasteiger partial charge is 0.457 e. The van der Waals surface area contributed by atoms with Gasteiger partial charge in [-0.3, -0.25) is 0 Å². The van der Waals surface area contributed by atoms with Gasteiger partial charge in [0.15, 0.2) is 0 Å². The molecule has 4 aromatic rings. The van der Waals surface area contributed by atoms with Gasteiger partial charge in [-0.25, -0.2) is 0 Å². The van der Waals surface area contributed by atoms with E-state index in [2.05, 4.69) is 104 Å². The number of rotatable bonds is 6. The summed E-state index contributed by atoms with van der Waals surface area (Å²) in [6, 6.07) is 33.0. The average molecular weight is 574 g/mol.